The normalized spacial score (nSPS) is 17.6. The maximum atomic E-state index is 5.77. The maximum Gasteiger partial charge on any atom is 0.148 e. The van der Waals surface area contributed by atoms with E-state index in [0.717, 1.165) is 44.9 Å². The summed E-state index contributed by atoms with van der Waals surface area (Å²) in [7, 11) is 1.91. The van der Waals surface area contributed by atoms with E-state index >= 15 is 0 Å². The second kappa shape index (κ2) is 5.86. The van der Waals surface area contributed by atoms with Gasteiger partial charge in [0.15, 0.2) is 0 Å². The minimum atomic E-state index is 0.437. The van der Waals surface area contributed by atoms with Crippen molar-refractivity contribution in [3.05, 3.63) is 12.3 Å². The summed E-state index contributed by atoms with van der Waals surface area (Å²) in [5.41, 5.74) is 0. The van der Waals surface area contributed by atoms with Gasteiger partial charge in [-0.05, 0) is 25.9 Å². The van der Waals surface area contributed by atoms with Crippen LogP contribution in [-0.2, 0) is 11.8 Å². The molecule has 5 heteroatoms. The minimum Gasteiger partial charge on any atom is -0.376 e. The topological polar surface area (TPSA) is 51.1 Å². The van der Waals surface area contributed by atoms with Crippen LogP contribution in [0.5, 0.6) is 0 Å². The molecule has 90 valence electrons. The first-order valence-corrected chi connectivity index (χ1v) is 5.90. The smallest absolute Gasteiger partial charge is 0.148 e. The Morgan fingerprint density at radius 3 is 3.06 bits per heavy atom. The minimum absolute atomic E-state index is 0.437. The van der Waals surface area contributed by atoms with Crippen LogP contribution < -0.4 is 10.6 Å². The van der Waals surface area contributed by atoms with E-state index in [-0.39, 0.29) is 0 Å². The quantitative estimate of drug-likeness (QED) is 0.719. The monoisotopic (exact) mass is 224 g/mol. The fourth-order valence-electron chi connectivity index (χ4n) is 1.88. The Morgan fingerprint density at radius 1 is 1.56 bits per heavy atom. The zero-order chi connectivity index (χ0) is 11.2. The van der Waals surface area contributed by atoms with E-state index in [1.54, 1.807) is 4.68 Å². The molecule has 2 N–H and O–H groups in total. The maximum absolute atomic E-state index is 5.77. The van der Waals surface area contributed by atoms with Crippen molar-refractivity contribution in [3.8, 4) is 0 Å². The Bertz CT molecular complexity index is 307. The Hall–Kier alpha value is -1.07. The molecule has 0 aliphatic carbocycles. The van der Waals surface area contributed by atoms with Crippen LogP contribution in [0, 0.1) is 0 Å². The summed E-state index contributed by atoms with van der Waals surface area (Å²) in [4.78, 5) is 0. The van der Waals surface area contributed by atoms with Gasteiger partial charge in [0.1, 0.15) is 5.82 Å². The van der Waals surface area contributed by atoms with Crippen molar-refractivity contribution in [2.24, 2.45) is 7.05 Å². The van der Waals surface area contributed by atoms with E-state index in [9.17, 15) is 0 Å². The summed E-state index contributed by atoms with van der Waals surface area (Å²) in [5.74, 6) is 0.913. The molecule has 1 aromatic rings. The molecule has 0 saturated carbocycles. The SMILES string of the molecule is Cn1ccc(NCCOC2CCNCC2)n1. The lowest BCUT2D eigenvalue weighted by Crippen LogP contribution is -2.33. The Balaban J connectivity index is 1.57. The first kappa shape index (κ1) is 11.4. The fraction of sp³-hybridized carbons (Fsp3) is 0.727. The molecule has 0 spiro atoms. The third kappa shape index (κ3) is 3.50. The number of ether oxygens (including phenoxy) is 1. The van der Waals surface area contributed by atoms with Crippen LogP contribution >= 0.6 is 0 Å². The highest BCUT2D eigenvalue weighted by Gasteiger charge is 2.12. The van der Waals surface area contributed by atoms with Gasteiger partial charge in [-0.2, -0.15) is 5.10 Å². The molecule has 1 fully saturated rings. The highest BCUT2D eigenvalue weighted by molar-refractivity contribution is 5.31. The Morgan fingerprint density at radius 2 is 2.38 bits per heavy atom. The molecule has 0 aromatic carbocycles. The largest absolute Gasteiger partial charge is 0.376 e. The number of nitrogens with one attached hydrogen (secondary N) is 2. The molecule has 1 aromatic heterocycles. The Kier molecular flexibility index (Phi) is 4.18. The molecule has 0 atom stereocenters. The van der Waals surface area contributed by atoms with Crippen molar-refractivity contribution < 1.29 is 4.74 Å². The van der Waals surface area contributed by atoms with Gasteiger partial charge in [-0.25, -0.2) is 0 Å². The number of piperidine rings is 1. The van der Waals surface area contributed by atoms with Gasteiger partial charge >= 0.3 is 0 Å². The van der Waals surface area contributed by atoms with Gasteiger partial charge in [0.05, 0.1) is 12.7 Å². The first-order valence-electron chi connectivity index (χ1n) is 5.90. The molecule has 5 nitrogen and oxygen atoms in total. The highest BCUT2D eigenvalue weighted by atomic mass is 16.5. The summed E-state index contributed by atoms with van der Waals surface area (Å²) >= 11 is 0. The van der Waals surface area contributed by atoms with E-state index in [0.29, 0.717) is 6.10 Å². The summed E-state index contributed by atoms with van der Waals surface area (Å²) in [6.07, 6.45) is 4.62. The zero-order valence-corrected chi connectivity index (χ0v) is 9.78. The van der Waals surface area contributed by atoms with Crippen molar-refractivity contribution in [2.45, 2.75) is 18.9 Å². The molecule has 2 heterocycles. The van der Waals surface area contributed by atoms with Crippen molar-refractivity contribution >= 4 is 5.82 Å². The molecule has 1 aliphatic rings. The third-order valence-electron chi connectivity index (χ3n) is 2.76. The van der Waals surface area contributed by atoms with Crippen molar-refractivity contribution in [1.29, 1.82) is 0 Å². The molecule has 0 unspecified atom stereocenters. The highest BCUT2D eigenvalue weighted by Crippen LogP contribution is 2.07. The first-order chi connectivity index (χ1) is 7.84. The molecule has 16 heavy (non-hydrogen) atoms. The summed E-state index contributed by atoms with van der Waals surface area (Å²) < 4.78 is 7.56. The predicted molar refractivity (Wildman–Crippen MR) is 63.5 cm³/mol. The van der Waals surface area contributed by atoms with Gasteiger partial charge < -0.3 is 15.4 Å². The van der Waals surface area contributed by atoms with Crippen LogP contribution in [0.25, 0.3) is 0 Å². The number of aromatic nitrogens is 2. The van der Waals surface area contributed by atoms with Crippen molar-refractivity contribution in [2.75, 3.05) is 31.6 Å². The molecule has 0 amide bonds. The van der Waals surface area contributed by atoms with E-state index in [4.69, 9.17) is 4.74 Å². The van der Waals surface area contributed by atoms with E-state index < -0.39 is 0 Å². The van der Waals surface area contributed by atoms with Crippen molar-refractivity contribution in [1.82, 2.24) is 15.1 Å². The van der Waals surface area contributed by atoms with E-state index in [1.165, 1.54) is 0 Å². The number of anilines is 1. The van der Waals surface area contributed by atoms with Crippen LogP contribution in [0.2, 0.25) is 0 Å². The van der Waals surface area contributed by atoms with Crippen LogP contribution in [0.3, 0.4) is 0 Å². The van der Waals surface area contributed by atoms with E-state index in [2.05, 4.69) is 15.7 Å². The lowest BCUT2D eigenvalue weighted by atomic mass is 10.1. The molecule has 1 saturated heterocycles. The number of hydrogen-bond donors (Lipinski definition) is 2. The van der Waals surface area contributed by atoms with E-state index in [1.807, 2.05) is 19.3 Å². The van der Waals surface area contributed by atoms with Crippen LogP contribution in [0.1, 0.15) is 12.8 Å². The Labute approximate surface area is 96.2 Å². The molecular weight excluding hydrogens is 204 g/mol. The number of nitrogens with zero attached hydrogens (tertiary/aromatic N) is 2. The van der Waals surface area contributed by atoms with Gasteiger partial charge in [-0.3, -0.25) is 4.68 Å². The third-order valence-corrected chi connectivity index (χ3v) is 2.76. The van der Waals surface area contributed by atoms with Crippen LogP contribution in [-0.4, -0.2) is 42.1 Å². The zero-order valence-electron chi connectivity index (χ0n) is 9.78. The molecule has 0 bridgehead atoms. The molecule has 0 radical (unpaired) electrons. The summed E-state index contributed by atoms with van der Waals surface area (Å²) in [6.45, 7) is 3.73. The lowest BCUT2D eigenvalue weighted by molar-refractivity contribution is 0.0394. The summed E-state index contributed by atoms with van der Waals surface area (Å²) in [5, 5.41) is 10.8. The number of hydrogen-bond acceptors (Lipinski definition) is 4. The van der Waals surface area contributed by atoms with Gasteiger partial charge in [-0.15, -0.1) is 0 Å². The van der Waals surface area contributed by atoms with Crippen LogP contribution in [0.4, 0.5) is 5.82 Å². The average molecular weight is 224 g/mol. The predicted octanol–water partition coefficient (Wildman–Crippen LogP) is 0.601. The number of rotatable bonds is 5. The molecule has 2 rings (SSSR count). The number of aryl methyl sites for hydroxylation is 1. The van der Waals surface area contributed by atoms with Gasteiger partial charge in [0.2, 0.25) is 0 Å². The van der Waals surface area contributed by atoms with Gasteiger partial charge in [-0.1, -0.05) is 0 Å². The fourth-order valence-corrected chi connectivity index (χ4v) is 1.88. The second-order valence-electron chi connectivity index (χ2n) is 4.12. The lowest BCUT2D eigenvalue weighted by Gasteiger charge is -2.22. The van der Waals surface area contributed by atoms with Crippen LogP contribution in [0.15, 0.2) is 12.3 Å². The van der Waals surface area contributed by atoms with Gasteiger partial charge in [0.25, 0.3) is 0 Å². The molecule has 1 aliphatic heterocycles. The van der Waals surface area contributed by atoms with Crippen molar-refractivity contribution in [3.63, 3.8) is 0 Å². The molecular formula is C11H20N4O. The average Bonchev–Trinajstić information content (AvgIpc) is 2.72. The second-order valence-corrected chi connectivity index (χ2v) is 4.12. The summed E-state index contributed by atoms with van der Waals surface area (Å²) in [6, 6.07) is 1.96. The standard InChI is InChI=1S/C11H20N4O/c1-15-8-4-11(14-15)13-7-9-16-10-2-5-12-6-3-10/h4,8,10,12H,2-3,5-7,9H2,1H3,(H,13,14). The van der Waals surface area contributed by atoms with Gasteiger partial charge in [0, 0.05) is 25.9 Å².